The first-order valence-electron chi connectivity index (χ1n) is 8.26. The molecule has 2 heterocycles. The van der Waals surface area contributed by atoms with Crippen molar-refractivity contribution in [2.24, 2.45) is 0 Å². The summed E-state index contributed by atoms with van der Waals surface area (Å²) in [6.45, 7) is 6.62. The third-order valence-corrected chi connectivity index (χ3v) is 4.39. The maximum Gasteiger partial charge on any atom is 0.143 e. The summed E-state index contributed by atoms with van der Waals surface area (Å²) < 4.78 is 0. The van der Waals surface area contributed by atoms with E-state index in [-0.39, 0.29) is 0 Å². The number of anilines is 2. The Morgan fingerprint density at radius 3 is 2.50 bits per heavy atom. The van der Waals surface area contributed by atoms with Crippen molar-refractivity contribution in [3.8, 4) is 0 Å². The largest absolute Gasteiger partial charge is 0.365 e. The van der Waals surface area contributed by atoms with Gasteiger partial charge in [0.25, 0.3) is 0 Å². The molecule has 0 saturated carbocycles. The lowest BCUT2D eigenvalue weighted by Crippen LogP contribution is -2.45. The highest BCUT2D eigenvalue weighted by Crippen LogP contribution is 2.23. The number of aromatic nitrogens is 2. The highest BCUT2D eigenvalue weighted by molar-refractivity contribution is 5.91. The molecule has 6 heteroatoms. The second-order valence-electron chi connectivity index (χ2n) is 6.23. The summed E-state index contributed by atoms with van der Waals surface area (Å²) in [4.78, 5) is 13.3. The molecule has 126 valence electrons. The van der Waals surface area contributed by atoms with Crippen molar-refractivity contribution in [2.45, 2.75) is 13.5 Å². The first-order valence-corrected chi connectivity index (χ1v) is 8.26. The van der Waals surface area contributed by atoms with Crippen molar-refractivity contribution in [3.63, 3.8) is 0 Å². The Bertz CT molecular complexity index is 689. The van der Waals surface area contributed by atoms with E-state index in [1.54, 1.807) is 6.33 Å². The fraction of sp³-hybridized carbons (Fsp3) is 0.389. The van der Waals surface area contributed by atoms with Crippen LogP contribution in [0.3, 0.4) is 0 Å². The van der Waals surface area contributed by atoms with Gasteiger partial charge in [0.1, 0.15) is 18.0 Å². The lowest BCUT2D eigenvalue weighted by atomic mass is 10.1. The van der Waals surface area contributed by atoms with E-state index in [1.165, 1.54) is 17.3 Å². The van der Waals surface area contributed by atoms with Crippen LogP contribution in [0, 0.1) is 12.3 Å². The van der Waals surface area contributed by atoms with Crippen LogP contribution in [0.2, 0.25) is 0 Å². The molecule has 0 bridgehead atoms. The fourth-order valence-electron chi connectivity index (χ4n) is 2.82. The summed E-state index contributed by atoms with van der Waals surface area (Å²) in [5.41, 5.74) is 3.20. The SMILES string of the molecule is Cc1ccc(CNc2ncnc(N3CCN(C)CC3)c2C=N)cc1. The maximum absolute atomic E-state index is 7.81. The molecule has 6 nitrogen and oxygen atoms in total. The third kappa shape index (κ3) is 3.71. The molecule has 2 N–H and O–H groups in total. The van der Waals surface area contributed by atoms with Gasteiger partial charge in [-0.2, -0.15) is 0 Å². The van der Waals surface area contributed by atoms with Crippen molar-refractivity contribution in [3.05, 3.63) is 47.3 Å². The van der Waals surface area contributed by atoms with E-state index < -0.39 is 0 Å². The van der Waals surface area contributed by atoms with Gasteiger partial charge in [-0.1, -0.05) is 29.8 Å². The summed E-state index contributed by atoms with van der Waals surface area (Å²) in [5.74, 6) is 1.56. The van der Waals surface area contributed by atoms with Crippen LogP contribution in [0.4, 0.5) is 11.6 Å². The molecule has 0 aliphatic carbocycles. The van der Waals surface area contributed by atoms with Gasteiger partial charge in [-0.15, -0.1) is 0 Å². The van der Waals surface area contributed by atoms with E-state index in [0.717, 1.165) is 43.4 Å². The van der Waals surface area contributed by atoms with Crippen LogP contribution in [0.15, 0.2) is 30.6 Å². The molecular formula is C18H24N6. The minimum atomic E-state index is 0.681. The van der Waals surface area contributed by atoms with Crippen LogP contribution in [0.5, 0.6) is 0 Å². The van der Waals surface area contributed by atoms with Gasteiger partial charge in [0, 0.05) is 38.9 Å². The second-order valence-corrected chi connectivity index (χ2v) is 6.23. The van der Waals surface area contributed by atoms with E-state index in [1.807, 2.05) is 0 Å². The Hall–Kier alpha value is -2.47. The summed E-state index contributed by atoms with van der Waals surface area (Å²) in [6, 6.07) is 8.42. The number of hydrogen-bond donors (Lipinski definition) is 2. The molecule has 0 amide bonds. The van der Waals surface area contributed by atoms with Crippen LogP contribution in [-0.4, -0.2) is 54.3 Å². The third-order valence-electron chi connectivity index (χ3n) is 4.39. The Morgan fingerprint density at radius 1 is 1.12 bits per heavy atom. The predicted octanol–water partition coefficient (Wildman–Crippen LogP) is 2.15. The molecule has 1 aliphatic heterocycles. The summed E-state index contributed by atoms with van der Waals surface area (Å²) >= 11 is 0. The van der Waals surface area contributed by atoms with Crippen LogP contribution >= 0.6 is 0 Å². The zero-order valence-electron chi connectivity index (χ0n) is 14.3. The van der Waals surface area contributed by atoms with Crippen molar-refractivity contribution in [2.75, 3.05) is 43.4 Å². The van der Waals surface area contributed by atoms with E-state index in [9.17, 15) is 0 Å². The molecule has 0 atom stereocenters. The Morgan fingerprint density at radius 2 is 1.83 bits per heavy atom. The van der Waals surface area contributed by atoms with Gasteiger partial charge < -0.3 is 20.5 Å². The molecule has 1 aliphatic rings. The number of nitrogens with zero attached hydrogens (tertiary/aromatic N) is 4. The molecule has 2 aromatic rings. The Kier molecular flexibility index (Phi) is 5.05. The normalized spacial score (nSPS) is 15.3. The van der Waals surface area contributed by atoms with E-state index >= 15 is 0 Å². The lowest BCUT2D eigenvalue weighted by Gasteiger charge is -2.34. The van der Waals surface area contributed by atoms with Gasteiger partial charge in [0.15, 0.2) is 0 Å². The summed E-state index contributed by atoms with van der Waals surface area (Å²) in [6.07, 6.45) is 2.93. The van der Waals surface area contributed by atoms with Crippen LogP contribution in [-0.2, 0) is 6.54 Å². The molecule has 3 rings (SSSR count). The van der Waals surface area contributed by atoms with Crippen LogP contribution < -0.4 is 10.2 Å². The molecule has 1 aromatic heterocycles. The molecule has 0 unspecified atom stereocenters. The quantitative estimate of drug-likeness (QED) is 0.825. The molecular weight excluding hydrogens is 300 g/mol. The molecule has 0 radical (unpaired) electrons. The highest BCUT2D eigenvalue weighted by atomic mass is 15.3. The van der Waals surface area contributed by atoms with Gasteiger partial charge >= 0.3 is 0 Å². The van der Waals surface area contributed by atoms with E-state index in [4.69, 9.17) is 5.41 Å². The van der Waals surface area contributed by atoms with Gasteiger partial charge in [-0.05, 0) is 19.5 Å². The van der Waals surface area contributed by atoms with Crippen molar-refractivity contribution >= 4 is 17.9 Å². The average Bonchev–Trinajstić information content (AvgIpc) is 2.61. The molecule has 0 spiro atoms. The number of benzene rings is 1. The van der Waals surface area contributed by atoms with Crippen molar-refractivity contribution in [1.29, 1.82) is 5.41 Å². The van der Waals surface area contributed by atoms with Crippen molar-refractivity contribution in [1.82, 2.24) is 14.9 Å². The van der Waals surface area contributed by atoms with E-state index in [0.29, 0.717) is 6.54 Å². The number of aryl methyl sites for hydroxylation is 1. The van der Waals surface area contributed by atoms with Gasteiger partial charge in [0.05, 0.1) is 5.56 Å². The first kappa shape index (κ1) is 16.4. The first-order chi connectivity index (χ1) is 11.7. The number of piperazine rings is 1. The monoisotopic (exact) mass is 324 g/mol. The van der Waals surface area contributed by atoms with Crippen LogP contribution in [0.1, 0.15) is 16.7 Å². The Balaban J connectivity index is 1.77. The Labute approximate surface area is 143 Å². The standard InChI is InChI=1S/C18H24N6/c1-14-3-5-15(6-4-14)12-20-17-16(11-19)18(22-13-21-17)24-9-7-23(2)8-10-24/h3-6,11,13,19H,7-10,12H2,1-2H3,(H,20,21,22). The minimum absolute atomic E-state index is 0.681. The summed E-state index contributed by atoms with van der Waals surface area (Å²) in [5, 5.41) is 11.2. The maximum atomic E-state index is 7.81. The topological polar surface area (TPSA) is 68.1 Å². The molecule has 24 heavy (non-hydrogen) atoms. The van der Waals surface area contributed by atoms with Gasteiger partial charge in [-0.25, -0.2) is 9.97 Å². The second kappa shape index (κ2) is 7.40. The van der Waals surface area contributed by atoms with Crippen LogP contribution in [0.25, 0.3) is 0 Å². The van der Waals surface area contributed by atoms with E-state index in [2.05, 4.69) is 63.3 Å². The van der Waals surface area contributed by atoms with Gasteiger partial charge in [-0.3, -0.25) is 0 Å². The zero-order chi connectivity index (χ0) is 16.9. The molecule has 1 saturated heterocycles. The number of hydrogen-bond acceptors (Lipinski definition) is 6. The molecule has 1 aromatic carbocycles. The number of nitrogens with one attached hydrogen (secondary N) is 2. The zero-order valence-corrected chi connectivity index (χ0v) is 14.3. The summed E-state index contributed by atoms with van der Waals surface area (Å²) in [7, 11) is 2.13. The molecule has 1 fully saturated rings. The van der Waals surface area contributed by atoms with Crippen molar-refractivity contribution < 1.29 is 0 Å². The lowest BCUT2D eigenvalue weighted by molar-refractivity contribution is 0.312. The average molecular weight is 324 g/mol. The number of likely N-dealkylation sites (N-methyl/N-ethyl adjacent to an activating group) is 1. The number of rotatable bonds is 5. The fourth-order valence-corrected chi connectivity index (χ4v) is 2.82. The highest BCUT2D eigenvalue weighted by Gasteiger charge is 2.19. The predicted molar refractivity (Wildman–Crippen MR) is 98.1 cm³/mol. The smallest absolute Gasteiger partial charge is 0.143 e. The minimum Gasteiger partial charge on any atom is -0.365 e. The van der Waals surface area contributed by atoms with Gasteiger partial charge in [0.2, 0.25) is 0 Å².